The van der Waals surface area contributed by atoms with Gasteiger partial charge in [-0.3, -0.25) is 34.0 Å². The lowest BCUT2D eigenvalue weighted by Gasteiger charge is -2.41. The van der Waals surface area contributed by atoms with E-state index in [0.717, 1.165) is 85.7 Å². The van der Waals surface area contributed by atoms with E-state index in [1.807, 2.05) is 25.2 Å². The van der Waals surface area contributed by atoms with E-state index in [-0.39, 0.29) is 17.4 Å². The zero-order valence-corrected chi connectivity index (χ0v) is 31.9. The maximum absolute atomic E-state index is 13.4. The molecule has 1 unspecified atom stereocenters. The van der Waals surface area contributed by atoms with E-state index < -0.39 is 17.9 Å². The molecule has 3 fully saturated rings. The number of rotatable bonds is 7. The number of anilines is 3. The molecule has 280 valence electrons. The lowest BCUT2D eigenvalue weighted by molar-refractivity contribution is -0.125. The van der Waals surface area contributed by atoms with Gasteiger partial charge in [-0.15, -0.1) is 0 Å². The smallest absolute Gasteiger partial charge is 0.262 e. The van der Waals surface area contributed by atoms with Gasteiger partial charge >= 0.3 is 0 Å². The SMILES string of the molecule is C=C1CCC(N2C(=O)c3ccc(NC4CCC(N5CCC(c6ccc7c(c6)C(C)(C)C(=NC)N7c6cccc(Cl)c6C=O)CC5)CC4)cc3C2=O)C(=O)N1. The van der Waals surface area contributed by atoms with Gasteiger partial charge in [0.1, 0.15) is 11.9 Å². The summed E-state index contributed by atoms with van der Waals surface area (Å²) in [5.74, 6) is 0.197. The Balaban J connectivity index is 0.877. The molecule has 2 N–H and O–H groups in total. The van der Waals surface area contributed by atoms with Gasteiger partial charge in [0.15, 0.2) is 6.29 Å². The third-order valence-corrected chi connectivity index (χ3v) is 12.8. The molecule has 2 saturated heterocycles. The zero-order chi connectivity index (χ0) is 37.9. The highest BCUT2D eigenvalue weighted by atomic mass is 35.5. The molecule has 8 rings (SSSR count). The summed E-state index contributed by atoms with van der Waals surface area (Å²) in [7, 11) is 1.81. The van der Waals surface area contributed by atoms with Crippen molar-refractivity contribution in [3.05, 3.63) is 99.7 Å². The normalized spacial score (nSPS) is 25.2. The van der Waals surface area contributed by atoms with Gasteiger partial charge < -0.3 is 15.5 Å². The van der Waals surface area contributed by atoms with E-state index in [1.54, 1.807) is 18.2 Å². The van der Waals surface area contributed by atoms with Crippen LogP contribution in [0.2, 0.25) is 5.02 Å². The van der Waals surface area contributed by atoms with Crippen LogP contribution in [-0.4, -0.2) is 77.9 Å². The predicted octanol–water partition coefficient (Wildman–Crippen LogP) is 7.60. The number of aliphatic imine (C=N–C) groups is 1. The third kappa shape index (κ3) is 6.13. The number of piperidine rings is 2. The molecule has 10 nitrogen and oxygen atoms in total. The van der Waals surface area contributed by atoms with Crippen molar-refractivity contribution in [3.8, 4) is 0 Å². The van der Waals surface area contributed by atoms with Gasteiger partial charge in [-0.2, -0.15) is 0 Å². The highest BCUT2D eigenvalue weighted by Gasteiger charge is 2.45. The van der Waals surface area contributed by atoms with Gasteiger partial charge in [0, 0.05) is 35.9 Å². The number of carbonyl (C=O) groups excluding carboxylic acids is 4. The number of allylic oxidation sites excluding steroid dienone is 1. The number of carbonyl (C=O) groups is 4. The van der Waals surface area contributed by atoms with Crippen molar-refractivity contribution in [3.63, 3.8) is 0 Å². The Kier molecular flexibility index (Phi) is 9.46. The van der Waals surface area contributed by atoms with E-state index >= 15 is 0 Å². The molecule has 0 spiro atoms. The summed E-state index contributed by atoms with van der Waals surface area (Å²) in [6.07, 6.45) is 8.24. The lowest BCUT2D eigenvalue weighted by atomic mass is 9.81. The summed E-state index contributed by atoms with van der Waals surface area (Å²) in [5, 5.41) is 6.76. The van der Waals surface area contributed by atoms with E-state index in [0.29, 0.717) is 52.2 Å². The molecule has 3 aromatic carbocycles. The van der Waals surface area contributed by atoms with Gasteiger partial charge in [-0.05, 0) is 132 Å². The molecule has 3 aromatic rings. The highest BCUT2D eigenvalue weighted by molar-refractivity contribution is 6.34. The van der Waals surface area contributed by atoms with Crippen LogP contribution in [0.3, 0.4) is 0 Å². The Morgan fingerprint density at radius 2 is 1.65 bits per heavy atom. The number of benzene rings is 3. The Hall–Kier alpha value is -4.80. The Labute approximate surface area is 321 Å². The number of amidine groups is 1. The van der Waals surface area contributed by atoms with Crippen molar-refractivity contribution < 1.29 is 19.2 Å². The lowest BCUT2D eigenvalue weighted by Crippen LogP contribution is -2.51. The first-order valence-electron chi connectivity index (χ1n) is 19.2. The summed E-state index contributed by atoms with van der Waals surface area (Å²) in [4.78, 5) is 61.8. The molecule has 1 aliphatic carbocycles. The molecule has 54 heavy (non-hydrogen) atoms. The molecule has 0 aromatic heterocycles. The molecule has 5 aliphatic rings. The van der Waals surface area contributed by atoms with Crippen LogP contribution in [0.4, 0.5) is 17.1 Å². The Morgan fingerprint density at radius 3 is 2.35 bits per heavy atom. The molecule has 0 radical (unpaired) electrons. The first-order valence-corrected chi connectivity index (χ1v) is 19.5. The van der Waals surface area contributed by atoms with Crippen LogP contribution in [0.15, 0.2) is 71.9 Å². The van der Waals surface area contributed by atoms with E-state index in [1.165, 1.54) is 11.1 Å². The van der Waals surface area contributed by atoms with Crippen LogP contribution in [0.5, 0.6) is 0 Å². The molecule has 11 heteroatoms. The fraction of sp³-hybridized carbons (Fsp3) is 0.419. The second kappa shape index (κ2) is 14.1. The number of hydrogen-bond acceptors (Lipinski definition) is 7. The minimum absolute atomic E-state index is 0.288. The minimum atomic E-state index is -0.811. The number of hydrogen-bond donors (Lipinski definition) is 2. The average molecular weight is 747 g/mol. The monoisotopic (exact) mass is 746 g/mol. The molecule has 4 heterocycles. The van der Waals surface area contributed by atoms with E-state index in [4.69, 9.17) is 16.6 Å². The molecular weight excluding hydrogens is 700 g/mol. The fourth-order valence-electron chi connectivity index (χ4n) is 9.54. The number of nitrogens with zero attached hydrogens (tertiary/aromatic N) is 4. The Morgan fingerprint density at radius 1 is 0.907 bits per heavy atom. The van der Waals surface area contributed by atoms with Crippen LogP contribution in [0.1, 0.15) is 113 Å². The maximum Gasteiger partial charge on any atom is 0.262 e. The van der Waals surface area contributed by atoms with Gasteiger partial charge in [0.05, 0.1) is 33.1 Å². The number of imide groups is 1. The quantitative estimate of drug-likeness (QED) is 0.189. The fourth-order valence-corrected chi connectivity index (χ4v) is 9.75. The second-order valence-corrected chi connectivity index (χ2v) is 16.3. The van der Waals surface area contributed by atoms with Crippen molar-refractivity contribution in [1.82, 2.24) is 15.1 Å². The summed E-state index contributed by atoms with van der Waals surface area (Å²) in [6, 6.07) is 17.8. The van der Waals surface area contributed by atoms with Gasteiger partial charge in [-0.25, -0.2) is 0 Å². The highest BCUT2D eigenvalue weighted by Crippen LogP contribution is 2.49. The first kappa shape index (κ1) is 36.2. The molecule has 1 saturated carbocycles. The first-order chi connectivity index (χ1) is 26.0. The molecule has 1 atom stereocenters. The summed E-state index contributed by atoms with van der Waals surface area (Å²) >= 11 is 6.45. The van der Waals surface area contributed by atoms with Crippen molar-refractivity contribution >= 4 is 58.5 Å². The van der Waals surface area contributed by atoms with Crippen LogP contribution in [0.25, 0.3) is 0 Å². The van der Waals surface area contributed by atoms with E-state index in [2.05, 4.69) is 59.1 Å². The second-order valence-electron chi connectivity index (χ2n) is 15.9. The Bertz CT molecular complexity index is 2090. The molecule has 3 amide bonds. The zero-order valence-electron chi connectivity index (χ0n) is 31.2. The van der Waals surface area contributed by atoms with Gasteiger partial charge in [-0.1, -0.05) is 36.4 Å². The standard InChI is InChI=1S/C43H47ClN6O4/c1-25-8-16-38(39(52)46-25)50-40(53)31-15-12-29(23-32(31)41(50)54)47-28-10-13-30(14-11-28)48-20-18-26(19-21-48)27-9-17-37-34(22-27)43(2,3)42(45-4)49(37)36-7-5-6-35(44)33(36)24-51/h5-7,9,12,15,17,22-24,26,28,30,38,47H,1,8,10-11,13-14,16,18-21H2,2-4H3,(H,46,52). The number of aldehydes is 1. The summed E-state index contributed by atoms with van der Waals surface area (Å²) < 4.78 is 0. The number of fused-ring (bicyclic) bond motifs is 2. The molecule has 4 aliphatic heterocycles. The average Bonchev–Trinajstić information content (AvgIpc) is 3.55. The van der Waals surface area contributed by atoms with Crippen molar-refractivity contribution in [1.29, 1.82) is 0 Å². The van der Waals surface area contributed by atoms with Crippen molar-refractivity contribution in [2.75, 3.05) is 30.4 Å². The molecular formula is C43H47ClN6O4. The largest absolute Gasteiger partial charge is 0.382 e. The van der Waals surface area contributed by atoms with Crippen LogP contribution in [-0.2, 0) is 10.2 Å². The number of nitrogens with one attached hydrogen (secondary N) is 2. The number of halogens is 1. The third-order valence-electron chi connectivity index (χ3n) is 12.4. The molecule has 0 bridgehead atoms. The maximum atomic E-state index is 13.4. The van der Waals surface area contributed by atoms with Crippen LogP contribution in [0, 0.1) is 0 Å². The number of amides is 3. The summed E-state index contributed by atoms with van der Waals surface area (Å²) in [5.41, 5.74) is 6.64. The van der Waals surface area contributed by atoms with Gasteiger partial charge in [0.25, 0.3) is 11.8 Å². The predicted molar refractivity (Wildman–Crippen MR) is 212 cm³/mol. The topological polar surface area (TPSA) is 114 Å². The van der Waals surface area contributed by atoms with Crippen molar-refractivity contribution in [2.45, 2.75) is 94.7 Å². The van der Waals surface area contributed by atoms with Gasteiger partial charge in [0.2, 0.25) is 5.91 Å². The van der Waals surface area contributed by atoms with Crippen molar-refractivity contribution in [2.24, 2.45) is 4.99 Å². The van der Waals surface area contributed by atoms with Crippen LogP contribution < -0.4 is 15.5 Å². The minimum Gasteiger partial charge on any atom is -0.382 e. The van der Waals surface area contributed by atoms with Crippen LogP contribution >= 0.6 is 11.6 Å². The number of likely N-dealkylation sites (tertiary alicyclic amines) is 1. The summed E-state index contributed by atoms with van der Waals surface area (Å²) in [6.45, 7) is 10.3. The van der Waals surface area contributed by atoms with E-state index in [9.17, 15) is 19.2 Å².